The third-order valence-corrected chi connectivity index (χ3v) is 4.73. The van der Waals surface area contributed by atoms with E-state index >= 15 is 0 Å². The smallest absolute Gasteiger partial charge is 0.266 e. The van der Waals surface area contributed by atoms with Crippen molar-refractivity contribution in [3.8, 4) is 11.4 Å². The Bertz CT molecular complexity index is 851. The van der Waals surface area contributed by atoms with Crippen LogP contribution >= 0.6 is 11.3 Å². The molecule has 0 atom stereocenters. The normalized spacial score (nSPS) is 12.7. The highest BCUT2D eigenvalue weighted by Gasteiger charge is 2.28. The maximum Gasteiger partial charge on any atom is 0.266 e. The van der Waals surface area contributed by atoms with Crippen LogP contribution in [0, 0.1) is 6.92 Å². The summed E-state index contributed by atoms with van der Waals surface area (Å²) in [6, 6.07) is 11.6. The molecule has 3 heterocycles. The number of carbonyl (C=O) groups is 1. The van der Waals surface area contributed by atoms with Crippen molar-refractivity contribution in [2.45, 2.75) is 13.5 Å². The number of benzene rings is 1. The van der Waals surface area contributed by atoms with Crippen molar-refractivity contribution in [2.75, 3.05) is 11.5 Å². The summed E-state index contributed by atoms with van der Waals surface area (Å²) in [5, 5.41) is 6.34. The molecule has 6 heteroatoms. The number of fused-ring (bicyclic) bond motifs is 3. The van der Waals surface area contributed by atoms with Crippen LogP contribution in [0.3, 0.4) is 0 Å². The summed E-state index contributed by atoms with van der Waals surface area (Å²) in [5.74, 6) is 1.41. The fourth-order valence-electron chi connectivity index (χ4n) is 2.63. The van der Waals surface area contributed by atoms with E-state index in [9.17, 15) is 4.79 Å². The van der Waals surface area contributed by atoms with Crippen LogP contribution in [-0.2, 0) is 11.3 Å². The summed E-state index contributed by atoms with van der Waals surface area (Å²) in [6.07, 6.45) is 1.71. The van der Waals surface area contributed by atoms with Crippen molar-refractivity contribution in [3.05, 3.63) is 58.4 Å². The minimum Gasteiger partial charge on any atom is -0.484 e. The second kappa shape index (κ2) is 5.55. The van der Waals surface area contributed by atoms with Crippen LogP contribution < -0.4 is 9.64 Å². The highest BCUT2D eigenvalue weighted by Crippen LogP contribution is 2.33. The summed E-state index contributed by atoms with van der Waals surface area (Å²) in [5.41, 5.74) is 2.22. The van der Waals surface area contributed by atoms with Gasteiger partial charge in [-0.1, -0.05) is 17.7 Å². The van der Waals surface area contributed by atoms with Crippen LogP contribution in [-0.4, -0.2) is 22.3 Å². The van der Waals surface area contributed by atoms with E-state index in [4.69, 9.17) is 4.74 Å². The zero-order chi connectivity index (χ0) is 15.8. The molecular weight excluding hydrogens is 310 g/mol. The van der Waals surface area contributed by atoms with Crippen LogP contribution in [0.5, 0.6) is 5.75 Å². The Hall–Kier alpha value is -2.60. The molecule has 1 amide bonds. The number of rotatable bonds is 3. The number of aryl methyl sites for hydroxylation is 1. The number of thiophene rings is 1. The summed E-state index contributed by atoms with van der Waals surface area (Å²) < 4.78 is 7.42. The van der Waals surface area contributed by atoms with Gasteiger partial charge in [-0.05, 0) is 30.5 Å². The van der Waals surface area contributed by atoms with Gasteiger partial charge >= 0.3 is 0 Å². The van der Waals surface area contributed by atoms with Crippen molar-refractivity contribution >= 4 is 23.1 Å². The number of nitrogens with zero attached hydrogens (tertiary/aromatic N) is 3. The van der Waals surface area contributed by atoms with Crippen LogP contribution in [0.15, 0.2) is 48.0 Å². The van der Waals surface area contributed by atoms with Crippen LogP contribution in [0.25, 0.3) is 5.69 Å². The van der Waals surface area contributed by atoms with Crippen LogP contribution in [0.2, 0.25) is 0 Å². The first-order chi connectivity index (χ1) is 11.2. The number of anilines is 1. The van der Waals surface area contributed by atoms with Crippen LogP contribution in [0.1, 0.15) is 10.4 Å². The first-order valence-electron chi connectivity index (χ1n) is 7.33. The topological polar surface area (TPSA) is 47.4 Å². The molecule has 0 spiro atoms. The Morgan fingerprint density at radius 2 is 2.09 bits per heavy atom. The molecule has 0 bridgehead atoms. The quantitative estimate of drug-likeness (QED) is 0.743. The third-order valence-electron chi connectivity index (χ3n) is 3.84. The van der Waals surface area contributed by atoms with Gasteiger partial charge in [0.1, 0.15) is 11.6 Å². The predicted octanol–water partition coefficient (Wildman–Crippen LogP) is 3.17. The fourth-order valence-corrected chi connectivity index (χ4v) is 3.47. The fraction of sp³-hybridized carbons (Fsp3) is 0.176. The van der Waals surface area contributed by atoms with Gasteiger partial charge < -0.3 is 4.74 Å². The van der Waals surface area contributed by atoms with Crippen molar-refractivity contribution < 1.29 is 9.53 Å². The molecule has 0 saturated carbocycles. The maximum atomic E-state index is 12.6. The van der Waals surface area contributed by atoms with Crippen molar-refractivity contribution in [2.24, 2.45) is 0 Å². The van der Waals surface area contributed by atoms with Crippen LogP contribution in [0.4, 0.5) is 5.82 Å². The number of carbonyl (C=O) groups excluding carboxylic acids is 1. The molecule has 0 aliphatic carbocycles. The van der Waals surface area contributed by atoms with Gasteiger partial charge in [0, 0.05) is 6.07 Å². The van der Waals surface area contributed by atoms with E-state index in [0.717, 1.165) is 21.9 Å². The Kier molecular flexibility index (Phi) is 3.38. The van der Waals surface area contributed by atoms with Gasteiger partial charge in [0.15, 0.2) is 6.61 Å². The van der Waals surface area contributed by atoms with E-state index in [1.54, 1.807) is 27.1 Å². The molecule has 0 unspecified atom stereocenters. The monoisotopic (exact) mass is 325 g/mol. The van der Waals surface area contributed by atoms with Gasteiger partial charge in [0.25, 0.3) is 5.91 Å². The molecule has 4 rings (SSSR count). The third kappa shape index (κ3) is 2.51. The molecule has 1 aliphatic rings. The van der Waals surface area contributed by atoms with Gasteiger partial charge in [0.05, 0.1) is 23.3 Å². The summed E-state index contributed by atoms with van der Waals surface area (Å²) >= 11 is 1.63. The molecule has 1 aromatic carbocycles. The predicted molar refractivity (Wildman–Crippen MR) is 89.3 cm³/mol. The molecule has 3 aromatic rings. The second-order valence-electron chi connectivity index (χ2n) is 5.41. The lowest BCUT2D eigenvalue weighted by Gasteiger charge is -2.27. The first-order valence-corrected chi connectivity index (χ1v) is 8.21. The molecule has 23 heavy (non-hydrogen) atoms. The zero-order valence-electron chi connectivity index (χ0n) is 12.6. The summed E-state index contributed by atoms with van der Waals surface area (Å²) in [6.45, 7) is 2.59. The number of hydrogen-bond acceptors (Lipinski definition) is 4. The molecule has 116 valence electrons. The maximum absolute atomic E-state index is 12.6. The molecule has 0 saturated heterocycles. The lowest BCUT2D eigenvalue weighted by molar-refractivity contribution is -0.120. The van der Waals surface area contributed by atoms with Gasteiger partial charge in [-0.2, -0.15) is 5.10 Å². The largest absolute Gasteiger partial charge is 0.484 e. The molecule has 2 aromatic heterocycles. The van der Waals surface area contributed by atoms with E-state index in [1.165, 1.54) is 0 Å². The molecule has 0 fully saturated rings. The number of ether oxygens (including phenoxy) is 1. The van der Waals surface area contributed by atoms with E-state index in [2.05, 4.69) is 5.10 Å². The Balaban J connectivity index is 1.52. The van der Waals surface area contributed by atoms with Crippen molar-refractivity contribution in [1.82, 2.24) is 9.78 Å². The average Bonchev–Trinajstić information content (AvgIpc) is 3.21. The van der Waals surface area contributed by atoms with Gasteiger partial charge in [-0.3, -0.25) is 9.69 Å². The Morgan fingerprint density at radius 3 is 2.91 bits per heavy atom. The summed E-state index contributed by atoms with van der Waals surface area (Å²) in [4.78, 5) is 15.4. The highest BCUT2D eigenvalue weighted by molar-refractivity contribution is 7.10. The SMILES string of the molecule is Cc1ccc(OCC(=O)N2Cc3sccc3-n3nccc32)cc1. The number of aromatic nitrogens is 2. The molecule has 5 nitrogen and oxygen atoms in total. The standard InChI is InChI=1S/C17H15N3O2S/c1-12-2-4-13(5-3-12)22-11-17(21)19-10-15-14(7-9-23-15)20-16(19)6-8-18-20/h2-9H,10-11H2,1H3. The van der Waals surface area contributed by atoms with E-state index in [1.807, 2.05) is 48.7 Å². The second-order valence-corrected chi connectivity index (χ2v) is 6.41. The number of amides is 1. The van der Waals surface area contributed by atoms with Crippen molar-refractivity contribution in [3.63, 3.8) is 0 Å². The zero-order valence-corrected chi connectivity index (χ0v) is 13.4. The lowest BCUT2D eigenvalue weighted by Crippen LogP contribution is -2.38. The first kappa shape index (κ1) is 14.0. The molecule has 0 N–H and O–H groups in total. The van der Waals surface area contributed by atoms with Crippen molar-refractivity contribution in [1.29, 1.82) is 0 Å². The minimum absolute atomic E-state index is 0.00888. The molecule has 0 radical (unpaired) electrons. The average molecular weight is 325 g/mol. The number of hydrogen-bond donors (Lipinski definition) is 0. The van der Waals surface area contributed by atoms with Gasteiger partial charge in [-0.25, -0.2) is 4.68 Å². The molecule has 1 aliphatic heterocycles. The van der Waals surface area contributed by atoms with E-state index in [-0.39, 0.29) is 12.5 Å². The summed E-state index contributed by atoms with van der Waals surface area (Å²) in [7, 11) is 0. The lowest BCUT2D eigenvalue weighted by atomic mass is 10.2. The van der Waals surface area contributed by atoms with Gasteiger partial charge in [-0.15, -0.1) is 11.3 Å². The van der Waals surface area contributed by atoms with Gasteiger partial charge in [0.2, 0.25) is 0 Å². The minimum atomic E-state index is -0.0774. The van der Waals surface area contributed by atoms with E-state index in [0.29, 0.717) is 12.3 Å². The van der Waals surface area contributed by atoms with E-state index < -0.39 is 0 Å². The highest BCUT2D eigenvalue weighted by atomic mass is 32.1. The molecular formula is C17H15N3O2S. The Morgan fingerprint density at radius 1 is 1.26 bits per heavy atom. The Labute approximate surface area is 137 Å².